The third kappa shape index (κ3) is 5.25. The fraction of sp³-hybridized carbons (Fsp3) is 0.400. The number of anilines is 1. The molecule has 0 spiro atoms. The smallest absolute Gasteiger partial charge is 0.313 e. The summed E-state index contributed by atoms with van der Waals surface area (Å²) in [5.74, 6) is -0.877. The molecule has 2 N–H and O–H groups in total. The number of benzene rings is 1. The molecule has 6 nitrogen and oxygen atoms in total. The second-order valence-corrected chi connectivity index (χ2v) is 7.87. The monoisotopic (exact) mass is 421 g/mol. The van der Waals surface area contributed by atoms with Gasteiger partial charge in [0, 0.05) is 12.2 Å². The van der Waals surface area contributed by atoms with Gasteiger partial charge in [-0.3, -0.25) is 14.5 Å². The van der Waals surface area contributed by atoms with Crippen LogP contribution in [0.5, 0.6) is 5.75 Å². The quantitative estimate of drug-likeness (QED) is 0.698. The largest absolute Gasteiger partial charge is 0.495 e. The summed E-state index contributed by atoms with van der Waals surface area (Å²) in [6.07, 6.45) is 3.56. The van der Waals surface area contributed by atoms with Crippen molar-refractivity contribution in [2.75, 3.05) is 32.1 Å². The van der Waals surface area contributed by atoms with Crippen LogP contribution in [-0.2, 0) is 9.59 Å². The van der Waals surface area contributed by atoms with Crippen LogP contribution in [0.3, 0.4) is 0 Å². The molecule has 1 aromatic heterocycles. The molecule has 1 fully saturated rings. The predicted molar refractivity (Wildman–Crippen MR) is 112 cm³/mol. The molecule has 150 valence electrons. The molecule has 1 atom stereocenters. The van der Waals surface area contributed by atoms with Crippen molar-refractivity contribution in [1.29, 1.82) is 0 Å². The van der Waals surface area contributed by atoms with E-state index < -0.39 is 11.8 Å². The molecular weight excluding hydrogens is 398 g/mol. The molecule has 2 heterocycles. The number of carbonyl (C=O) groups is 2. The van der Waals surface area contributed by atoms with Gasteiger partial charge in [0.15, 0.2) is 0 Å². The molecule has 0 bridgehead atoms. The van der Waals surface area contributed by atoms with Crippen LogP contribution in [0, 0.1) is 0 Å². The summed E-state index contributed by atoms with van der Waals surface area (Å²) in [4.78, 5) is 26.9. The lowest BCUT2D eigenvalue weighted by Gasteiger charge is -2.34. The number of likely N-dealkylation sites (tertiary alicyclic amines) is 1. The molecule has 2 aromatic rings. The van der Waals surface area contributed by atoms with E-state index in [1.807, 2.05) is 5.38 Å². The fourth-order valence-corrected chi connectivity index (χ4v) is 4.32. The first-order valence-corrected chi connectivity index (χ1v) is 10.6. The molecule has 1 aliphatic heterocycles. The maximum absolute atomic E-state index is 12.3. The van der Waals surface area contributed by atoms with Gasteiger partial charge in [-0.25, -0.2) is 0 Å². The minimum Gasteiger partial charge on any atom is -0.495 e. The SMILES string of the molecule is COc1ccc(NC(=O)C(=O)NCC(c2ccsc2)N2CCCCC2)cc1Cl. The van der Waals surface area contributed by atoms with Gasteiger partial charge in [0.05, 0.1) is 18.2 Å². The Morgan fingerprint density at radius 2 is 2.00 bits per heavy atom. The van der Waals surface area contributed by atoms with Crippen molar-refractivity contribution < 1.29 is 14.3 Å². The zero-order valence-corrected chi connectivity index (χ0v) is 17.3. The number of hydrogen-bond donors (Lipinski definition) is 2. The lowest BCUT2D eigenvalue weighted by Crippen LogP contribution is -2.43. The normalized spacial score (nSPS) is 15.6. The molecule has 1 unspecified atom stereocenters. The van der Waals surface area contributed by atoms with E-state index in [-0.39, 0.29) is 6.04 Å². The number of carbonyl (C=O) groups excluding carboxylic acids is 2. The van der Waals surface area contributed by atoms with Crippen LogP contribution in [0.1, 0.15) is 30.9 Å². The summed E-state index contributed by atoms with van der Waals surface area (Å²) < 4.78 is 5.08. The van der Waals surface area contributed by atoms with Crippen LogP contribution in [0.15, 0.2) is 35.0 Å². The van der Waals surface area contributed by atoms with Crippen LogP contribution in [-0.4, -0.2) is 43.5 Å². The van der Waals surface area contributed by atoms with Crippen molar-refractivity contribution in [2.24, 2.45) is 0 Å². The number of amides is 2. The molecule has 3 rings (SSSR count). The van der Waals surface area contributed by atoms with E-state index >= 15 is 0 Å². The number of rotatable bonds is 6. The van der Waals surface area contributed by atoms with Gasteiger partial charge in [-0.05, 0) is 66.5 Å². The molecule has 0 radical (unpaired) electrons. The molecule has 8 heteroatoms. The van der Waals surface area contributed by atoms with Crippen molar-refractivity contribution in [3.63, 3.8) is 0 Å². The van der Waals surface area contributed by atoms with E-state index in [9.17, 15) is 9.59 Å². The zero-order chi connectivity index (χ0) is 19.9. The third-order valence-corrected chi connectivity index (χ3v) is 5.83. The van der Waals surface area contributed by atoms with Gasteiger partial charge in [0.1, 0.15) is 5.75 Å². The molecule has 1 aliphatic rings. The Bertz CT molecular complexity index is 807. The molecule has 1 aromatic carbocycles. The number of nitrogens with zero attached hydrogens (tertiary/aromatic N) is 1. The number of ether oxygens (including phenoxy) is 1. The van der Waals surface area contributed by atoms with Gasteiger partial charge in [0.25, 0.3) is 0 Å². The van der Waals surface area contributed by atoms with Gasteiger partial charge < -0.3 is 15.4 Å². The minimum absolute atomic E-state index is 0.0822. The van der Waals surface area contributed by atoms with E-state index in [0.29, 0.717) is 23.0 Å². The Balaban J connectivity index is 1.59. The van der Waals surface area contributed by atoms with Crippen LogP contribution in [0.25, 0.3) is 0 Å². The summed E-state index contributed by atoms with van der Waals surface area (Å²) >= 11 is 7.69. The highest BCUT2D eigenvalue weighted by atomic mass is 35.5. The number of hydrogen-bond acceptors (Lipinski definition) is 5. The van der Waals surface area contributed by atoms with Crippen LogP contribution in [0.2, 0.25) is 5.02 Å². The summed E-state index contributed by atoms with van der Waals surface area (Å²) in [5.41, 5.74) is 1.62. The average molecular weight is 422 g/mol. The zero-order valence-electron chi connectivity index (χ0n) is 15.7. The molecule has 28 heavy (non-hydrogen) atoms. The van der Waals surface area contributed by atoms with Crippen LogP contribution in [0.4, 0.5) is 5.69 Å². The number of halogens is 1. The minimum atomic E-state index is -0.719. The van der Waals surface area contributed by atoms with Crippen molar-refractivity contribution in [3.05, 3.63) is 45.6 Å². The Morgan fingerprint density at radius 1 is 1.21 bits per heavy atom. The highest BCUT2D eigenvalue weighted by Gasteiger charge is 2.24. The van der Waals surface area contributed by atoms with Crippen molar-refractivity contribution in [1.82, 2.24) is 10.2 Å². The highest BCUT2D eigenvalue weighted by Crippen LogP contribution is 2.27. The van der Waals surface area contributed by atoms with Gasteiger partial charge in [0.2, 0.25) is 0 Å². The molecule has 2 amide bonds. The summed E-state index contributed by atoms with van der Waals surface area (Å²) in [5, 5.41) is 9.85. The first kappa shape index (κ1) is 20.6. The second-order valence-electron chi connectivity index (χ2n) is 6.68. The molecule has 0 saturated carbocycles. The van der Waals surface area contributed by atoms with E-state index in [0.717, 1.165) is 25.9 Å². The van der Waals surface area contributed by atoms with Crippen molar-refractivity contribution in [2.45, 2.75) is 25.3 Å². The Kier molecular flexibility index (Phi) is 7.30. The first-order chi connectivity index (χ1) is 13.6. The van der Waals surface area contributed by atoms with E-state index in [1.165, 1.54) is 19.1 Å². The number of nitrogens with one attached hydrogen (secondary N) is 2. The van der Waals surface area contributed by atoms with Gasteiger partial charge in [-0.1, -0.05) is 18.0 Å². The van der Waals surface area contributed by atoms with Crippen LogP contribution < -0.4 is 15.4 Å². The fourth-order valence-electron chi connectivity index (χ4n) is 3.35. The van der Waals surface area contributed by atoms with Crippen LogP contribution >= 0.6 is 22.9 Å². The lowest BCUT2D eigenvalue weighted by molar-refractivity contribution is -0.136. The predicted octanol–water partition coefficient (Wildman–Crippen LogP) is 3.69. The first-order valence-electron chi connectivity index (χ1n) is 9.27. The topological polar surface area (TPSA) is 70.7 Å². The summed E-state index contributed by atoms with van der Waals surface area (Å²) in [7, 11) is 1.51. The van der Waals surface area contributed by atoms with Crippen molar-refractivity contribution in [3.8, 4) is 5.75 Å². The van der Waals surface area contributed by atoms with Gasteiger partial charge in [-0.15, -0.1) is 0 Å². The highest BCUT2D eigenvalue weighted by molar-refractivity contribution is 7.08. The van der Waals surface area contributed by atoms with E-state index in [1.54, 1.807) is 29.5 Å². The second kappa shape index (κ2) is 9.91. The number of thiophene rings is 1. The Labute approximate surface area is 173 Å². The van der Waals surface area contributed by atoms with Gasteiger partial charge in [-0.2, -0.15) is 11.3 Å². The maximum Gasteiger partial charge on any atom is 0.313 e. The third-order valence-electron chi connectivity index (χ3n) is 4.83. The number of methoxy groups -OCH3 is 1. The molecule has 1 saturated heterocycles. The number of piperidine rings is 1. The maximum atomic E-state index is 12.3. The van der Waals surface area contributed by atoms with Gasteiger partial charge >= 0.3 is 11.8 Å². The molecular formula is C20H24ClN3O3S. The standard InChI is InChI=1S/C20H24ClN3O3S/c1-27-18-6-5-15(11-16(18)21)23-20(26)19(25)22-12-17(14-7-10-28-13-14)24-8-3-2-4-9-24/h5-7,10-11,13,17H,2-4,8-9,12H2,1H3,(H,22,25)(H,23,26). The van der Waals surface area contributed by atoms with Crippen molar-refractivity contribution >= 4 is 40.4 Å². The lowest BCUT2D eigenvalue weighted by atomic mass is 10.0. The summed E-state index contributed by atoms with van der Waals surface area (Å²) in [6.45, 7) is 2.41. The van der Waals surface area contributed by atoms with E-state index in [4.69, 9.17) is 16.3 Å². The Morgan fingerprint density at radius 3 is 2.64 bits per heavy atom. The Hall–Kier alpha value is -2.09. The summed E-state index contributed by atoms with van der Waals surface area (Å²) in [6, 6.07) is 6.98. The average Bonchev–Trinajstić information content (AvgIpc) is 3.23. The van der Waals surface area contributed by atoms with E-state index in [2.05, 4.69) is 27.0 Å². The molecule has 0 aliphatic carbocycles.